The fourth-order valence-electron chi connectivity index (χ4n) is 1.42. The minimum Gasteiger partial charge on any atom is -0.299 e. The van der Waals surface area contributed by atoms with Gasteiger partial charge in [0.2, 0.25) is 0 Å². The highest BCUT2D eigenvalue weighted by atomic mass is 16.1. The molecule has 0 aromatic heterocycles. The average Bonchev–Trinajstić information content (AvgIpc) is 2.03. The molecule has 0 aliphatic heterocycles. The number of hydrogen-bond acceptors (Lipinski definition) is 1. The van der Waals surface area contributed by atoms with Crippen LogP contribution < -0.4 is 0 Å². The van der Waals surface area contributed by atoms with Gasteiger partial charge < -0.3 is 0 Å². The zero-order valence-electron chi connectivity index (χ0n) is 9.77. The van der Waals surface area contributed by atoms with Crippen molar-refractivity contribution in [3.05, 3.63) is 11.6 Å². The summed E-state index contributed by atoms with van der Waals surface area (Å²) < 4.78 is 0. The maximum Gasteiger partial charge on any atom is 0.136 e. The van der Waals surface area contributed by atoms with Crippen molar-refractivity contribution in [3.63, 3.8) is 0 Å². The lowest BCUT2D eigenvalue weighted by Gasteiger charge is -2.31. The van der Waals surface area contributed by atoms with Gasteiger partial charge >= 0.3 is 0 Å². The predicted octanol–water partition coefficient (Wildman–Crippen LogP) is 3.59. The summed E-state index contributed by atoms with van der Waals surface area (Å²) in [4.78, 5) is 11.5. The monoisotopic (exact) mass is 182 g/mol. The minimum absolute atomic E-state index is 0.184. The van der Waals surface area contributed by atoms with Crippen LogP contribution in [0, 0.1) is 11.3 Å². The summed E-state index contributed by atoms with van der Waals surface area (Å²) >= 11 is 0. The topological polar surface area (TPSA) is 17.1 Å². The van der Waals surface area contributed by atoms with E-state index in [-0.39, 0.29) is 5.41 Å². The Morgan fingerprint density at radius 1 is 1.38 bits per heavy atom. The van der Waals surface area contributed by atoms with E-state index in [4.69, 9.17) is 0 Å². The highest BCUT2D eigenvalue weighted by molar-refractivity contribution is 5.82. The Morgan fingerprint density at radius 2 is 1.85 bits per heavy atom. The zero-order chi connectivity index (χ0) is 10.6. The summed E-state index contributed by atoms with van der Waals surface area (Å²) in [6.07, 6.45) is 2.97. The van der Waals surface area contributed by atoms with E-state index in [1.54, 1.807) is 6.92 Å². The first-order chi connectivity index (χ1) is 5.84. The molecule has 0 aromatic rings. The molecule has 0 spiro atoms. The fraction of sp³-hybridized carbons (Fsp3) is 0.750. The molecule has 0 N–H and O–H groups in total. The molecule has 0 aromatic carbocycles. The normalized spacial score (nSPS) is 17.3. The molecular weight excluding hydrogens is 160 g/mol. The Morgan fingerprint density at radius 3 is 2.08 bits per heavy atom. The van der Waals surface area contributed by atoms with Gasteiger partial charge in [-0.25, -0.2) is 0 Å². The molecule has 1 unspecified atom stereocenters. The second-order valence-corrected chi connectivity index (χ2v) is 4.44. The van der Waals surface area contributed by atoms with E-state index in [0.717, 1.165) is 6.42 Å². The Balaban J connectivity index is 4.72. The lowest BCUT2D eigenvalue weighted by molar-refractivity contribution is -0.127. The van der Waals surface area contributed by atoms with E-state index in [1.807, 2.05) is 6.92 Å². The van der Waals surface area contributed by atoms with E-state index in [0.29, 0.717) is 11.7 Å². The van der Waals surface area contributed by atoms with Crippen LogP contribution in [0.5, 0.6) is 0 Å². The van der Waals surface area contributed by atoms with Gasteiger partial charge in [0, 0.05) is 5.41 Å². The quantitative estimate of drug-likeness (QED) is 0.607. The van der Waals surface area contributed by atoms with E-state index in [9.17, 15) is 4.79 Å². The SMILES string of the molecule is CC=C(C)CC(C)(C(C)=O)C(C)C. The van der Waals surface area contributed by atoms with Gasteiger partial charge in [0.25, 0.3) is 0 Å². The minimum atomic E-state index is -0.184. The van der Waals surface area contributed by atoms with Crippen LogP contribution in [0.1, 0.15) is 48.0 Å². The maximum atomic E-state index is 11.5. The van der Waals surface area contributed by atoms with Crippen molar-refractivity contribution < 1.29 is 4.79 Å². The van der Waals surface area contributed by atoms with Crippen LogP contribution in [-0.2, 0) is 4.79 Å². The molecule has 1 nitrogen and oxygen atoms in total. The Labute approximate surface area is 82.2 Å². The van der Waals surface area contributed by atoms with Crippen molar-refractivity contribution in [1.29, 1.82) is 0 Å². The van der Waals surface area contributed by atoms with E-state index in [1.165, 1.54) is 5.57 Å². The van der Waals surface area contributed by atoms with Crippen molar-refractivity contribution >= 4 is 5.78 Å². The van der Waals surface area contributed by atoms with Crippen molar-refractivity contribution in [2.45, 2.75) is 48.0 Å². The van der Waals surface area contributed by atoms with Crippen LogP contribution in [0.2, 0.25) is 0 Å². The van der Waals surface area contributed by atoms with Crippen LogP contribution in [0.25, 0.3) is 0 Å². The van der Waals surface area contributed by atoms with Crippen LogP contribution in [-0.4, -0.2) is 5.78 Å². The number of ketones is 1. The lowest BCUT2D eigenvalue weighted by Crippen LogP contribution is -2.31. The van der Waals surface area contributed by atoms with Crippen molar-refractivity contribution in [1.82, 2.24) is 0 Å². The molecule has 0 amide bonds. The summed E-state index contributed by atoms with van der Waals surface area (Å²) in [7, 11) is 0. The Bertz CT molecular complexity index is 213. The molecule has 13 heavy (non-hydrogen) atoms. The average molecular weight is 182 g/mol. The highest BCUT2D eigenvalue weighted by Crippen LogP contribution is 2.34. The first kappa shape index (κ1) is 12.4. The summed E-state index contributed by atoms with van der Waals surface area (Å²) in [5, 5.41) is 0. The summed E-state index contributed by atoms with van der Waals surface area (Å²) in [5.74, 6) is 0.698. The van der Waals surface area contributed by atoms with Crippen molar-refractivity contribution in [3.8, 4) is 0 Å². The molecule has 0 bridgehead atoms. The van der Waals surface area contributed by atoms with Crippen LogP contribution in [0.3, 0.4) is 0 Å². The molecule has 0 saturated carbocycles. The summed E-state index contributed by atoms with van der Waals surface area (Å²) in [5.41, 5.74) is 1.11. The van der Waals surface area contributed by atoms with Gasteiger partial charge in [-0.1, -0.05) is 32.4 Å². The van der Waals surface area contributed by atoms with Crippen molar-refractivity contribution in [2.24, 2.45) is 11.3 Å². The van der Waals surface area contributed by atoms with Crippen LogP contribution >= 0.6 is 0 Å². The zero-order valence-corrected chi connectivity index (χ0v) is 9.77. The molecule has 0 aliphatic carbocycles. The molecule has 0 fully saturated rings. The first-order valence-electron chi connectivity index (χ1n) is 4.97. The van der Waals surface area contributed by atoms with Gasteiger partial charge in [-0.15, -0.1) is 0 Å². The molecule has 0 heterocycles. The van der Waals surface area contributed by atoms with Gasteiger partial charge in [-0.2, -0.15) is 0 Å². The van der Waals surface area contributed by atoms with Gasteiger partial charge in [-0.3, -0.25) is 4.79 Å². The van der Waals surface area contributed by atoms with E-state index in [2.05, 4.69) is 33.8 Å². The molecule has 76 valence electrons. The predicted molar refractivity (Wildman–Crippen MR) is 57.7 cm³/mol. The highest BCUT2D eigenvalue weighted by Gasteiger charge is 2.33. The second-order valence-electron chi connectivity index (χ2n) is 4.44. The largest absolute Gasteiger partial charge is 0.299 e. The second kappa shape index (κ2) is 4.59. The Hall–Kier alpha value is -0.590. The summed E-state index contributed by atoms with van der Waals surface area (Å²) in [6.45, 7) is 12.1. The molecule has 0 saturated heterocycles. The van der Waals surface area contributed by atoms with E-state index < -0.39 is 0 Å². The molecule has 0 radical (unpaired) electrons. The standard InChI is InChI=1S/C12H22O/c1-7-10(4)8-12(6,9(2)3)11(5)13/h7,9H,8H2,1-6H3. The number of carbonyl (C=O) groups is 1. The molecule has 0 aliphatic rings. The third-order valence-corrected chi connectivity index (χ3v) is 3.22. The van der Waals surface area contributed by atoms with Crippen LogP contribution in [0.15, 0.2) is 11.6 Å². The van der Waals surface area contributed by atoms with Crippen molar-refractivity contribution in [2.75, 3.05) is 0 Å². The number of hydrogen-bond donors (Lipinski definition) is 0. The van der Waals surface area contributed by atoms with Gasteiger partial charge in [0.05, 0.1) is 0 Å². The first-order valence-corrected chi connectivity index (χ1v) is 4.97. The lowest BCUT2D eigenvalue weighted by atomic mass is 9.72. The maximum absolute atomic E-state index is 11.5. The molecule has 0 rings (SSSR count). The molecule has 1 heteroatoms. The smallest absolute Gasteiger partial charge is 0.136 e. The van der Waals surface area contributed by atoms with Crippen LogP contribution in [0.4, 0.5) is 0 Å². The van der Waals surface area contributed by atoms with Gasteiger partial charge in [-0.05, 0) is 33.1 Å². The number of allylic oxidation sites excluding steroid dienone is 2. The Kier molecular flexibility index (Phi) is 4.38. The van der Waals surface area contributed by atoms with E-state index >= 15 is 0 Å². The number of Topliss-reactive ketones (excluding diaryl/α,β-unsaturated/α-hetero) is 1. The molecular formula is C12H22O. The third-order valence-electron chi connectivity index (χ3n) is 3.22. The number of carbonyl (C=O) groups excluding carboxylic acids is 1. The third kappa shape index (κ3) is 2.98. The fourth-order valence-corrected chi connectivity index (χ4v) is 1.42. The molecule has 1 atom stereocenters. The summed E-state index contributed by atoms with van der Waals surface area (Å²) in [6, 6.07) is 0. The van der Waals surface area contributed by atoms with Gasteiger partial charge in [0.15, 0.2) is 0 Å². The van der Waals surface area contributed by atoms with Gasteiger partial charge in [0.1, 0.15) is 5.78 Å². The number of rotatable bonds is 4.